The van der Waals surface area contributed by atoms with Gasteiger partial charge in [0.25, 0.3) is 6.01 Å². The summed E-state index contributed by atoms with van der Waals surface area (Å²) >= 11 is 0. The Labute approximate surface area is 163 Å². The van der Waals surface area contributed by atoms with Crippen LogP contribution in [0.2, 0.25) is 0 Å². The molecule has 2 heterocycles. The molecule has 6 heteroatoms. The first kappa shape index (κ1) is 18.5. The molecular formula is C22H24FN3O2. The maximum atomic E-state index is 13.1. The number of oxazole rings is 1. The molecule has 0 aliphatic carbocycles. The molecule has 1 aromatic heterocycles. The monoisotopic (exact) mass is 381 g/mol. The Morgan fingerprint density at radius 2 is 1.86 bits per heavy atom. The van der Waals surface area contributed by atoms with Gasteiger partial charge in [-0.1, -0.05) is 24.3 Å². The van der Waals surface area contributed by atoms with Crippen molar-refractivity contribution < 1.29 is 13.6 Å². The zero-order valence-corrected chi connectivity index (χ0v) is 16.1. The summed E-state index contributed by atoms with van der Waals surface area (Å²) < 4.78 is 19.0. The van der Waals surface area contributed by atoms with Gasteiger partial charge in [0, 0.05) is 26.1 Å². The van der Waals surface area contributed by atoms with E-state index >= 15 is 0 Å². The number of hydrogen-bond donors (Lipinski definition) is 0. The molecule has 5 nitrogen and oxygen atoms in total. The van der Waals surface area contributed by atoms with Crippen molar-refractivity contribution in [1.29, 1.82) is 0 Å². The molecule has 146 valence electrons. The summed E-state index contributed by atoms with van der Waals surface area (Å²) in [7, 11) is 1.82. The predicted molar refractivity (Wildman–Crippen MR) is 107 cm³/mol. The molecule has 1 saturated heterocycles. The molecule has 1 aliphatic rings. The molecule has 1 atom stereocenters. The van der Waals surface area contributed by atoms with E-state index < -0.39 is 0 Å². The van der Waals surface area contributed by atoms with Crippen LogP contribution in [0.5, 0.6) is 0 Å². The van der Waals surface area contributed by atoms with Crippen LogP contribution in [0.15, 0.2) is 52.9 Å². The minimum Gasteiger partial charge on any atom is -0.423 e. The Hall–Kier alpha value is -2.89. The minimum absolute atomic E-state index is 0.0199. The van der Waals surface area contributed by atoms with E-state index in [1.165, 1.54) is 12.1 Å². The van der Waals surface area contributed by atoms with Gasteiger partial charge in [0.1, 0.15) is 11.3 Å². The number of nitrogens with zero attached hydrogens (tertiary/aromatic N) is 3. The lowest BCUT2D eigenvalue weighted by Gasteiger charge is -2.34. The second-order valence-electron chi connectivity index (χ2n) is 7.40. The molecule has 2 aromatic carbocycles. The molecule has 4 rings (SSSR count). The number of piperidine rings is 1. The Morgan fingerprint density at radius 1 is 1.18 bits per heavy atom. The van der Waals surface area contributed by atoms with Crippen molar-refractivity contribution in [2.75, 3.05) is 25.0 Å². The normalized spacial score (nSPS) is 16.3. The zero-order chi connectivity index (χ0) is 19.7. The number of carbonyl (C=O) groups is 1. The molecule has 0 radical (unpaired) electrons. The molecule has 3 aromatic rings. The number of hydrogen-bond acceptors (Lipinski definition) is 4. The highest BCUT2D eigenvalue weighted by Crippen LogP contribution is 2.29. The number of amides is 1. The Balaban J connectivity index is 1.38. The number of benzene rings is 2. The fourth-order valence-electron chi connectivity index (χ4n) is 3.76. The summed E-state index contributed by atoms with van der Waals surface area (Å²) in [5.41, 5.74) is 2.56. The van der Waals surface area contributed by atoms with Gasteiger partial charge < -0.3 is 14.2 Å². The van der Waals surface area contributed by atoms with Gasteiger partial charge in [-0.2, -0.15) is 4.98 Å². The van der Waals surface area contributed by atoms with Gasteiger partial charge in [-0.05, 0) is 49.6 Å². The number of para-hydroxylation sites is 2. The highest BCUT2D eigenvalue weighted by molar-refractivity contribution is 5.79. The fraction of sp³-hybridized carbons (Fsp3) is 0.364. The third kappa shape index (κ3) is 3.59. The lowest BCUT2D eigenvalue weighted by Crippen LogP contribution is -2.42. The molecule has 1 fully saturated rings. The molecule has 0 spiro atoms. The molecule has 28 heavy (non-hydrogen) atoms. The lowest BCUT2D eigenvalue weighted by atomic mass is 9.94. The van der Waals surface area contributed by atoms with Gasteiger partial charge in [0.2, 0.25) is 5.91 Å². The molecule has 0 N–H and O–H groups in total. The van der Waals surface area contributed by atoms with Crippen LogP contribution in [0.3, 0.4) is 0 Å². The highest BCUT2D eigenvalue weighted by Gasteiger charge is 2.30. The van der Waals surface area contributed by atoms with E-state index in [2.05, 4.69) is 9.88 Å². The fourth-order valence-corrected chi connectivity index (χ4v) is 3.76. The number of halogens is 1. The van der Waals surface area contributed by atoms with Crippen LogP contribution in [0.4, 0.5) is 10.4 Å². The highest BCUT2D eigenvalue weighted by atomic mass is 19.1. The first-order valence-electron chi connectivity index (χ1n) is 9.65. The van der Waals surface area contributed by atoms with Gasteiger partial charge in [0.05, 0.1) is 6.04 Å². The number of carbonyl (C=O) groups excluding carboxylic acids is 1. The molecule has 1 amide bonds. The lowest BCUT2D eigenvalue weighted by molar-refractivity contribution is -0.136. The van der Waals surface area contributed by atoms with Crippen molar-refractivity contribution in [2.45, 2.75) is 25.8 Å². The van der Waals surface area contributed by atoms with Crippen molar-refractivity contribution in [2.24, 2.45) is 5.92 Å². The Bertz CT molecular complexity index is 928. The van der Waals surface area contributed by atoms with Crippen molar-refractivity contribution in [3.8, 4) is 0 Å². The molecule has 1 aliphatic heterocycles. The van der Waals surface area contributed by atoms with E-state index in [1.807, 2.05) is 38.2 Å². The zero-order valence-electron chi connectivity index (χ0n) is 16.1. The first-order valence-corrected chi connectivity index (χ1v) is 9.65. The predicted octanol–water partition coefficient (Wildman–Crippen LogP) is 4.40. The van der Waals surface area contributed by atoms with Gasteiger partial charge in [-0.15, -0.1) is 0 Å². The van der Waals surface area contributed by atoms with E-state index in [0.29, 0.717) is 6.01 Å². The van der Waals surface area contributed by atoms with Crippen LogP contribution in [-0.2, 0) is 4.79 Å². The number of aromatic nitrogens is 1. The second-order valence-corrected chi connectivity index (χ2v) is 7.40. The van der Waals surface area contributed by atoms with Crippen LogP contribution in [0.25, 0.3) is 11.1 Å². The topological polar surface area (TPSA) is 49.6 Å². The van der Waals surface area contributed by atoms with Crippen molar-refractivity contribution in [1.82, 2.24) is 9.88 Å². The third-order valence-corrected chi connectivity index (χ3v) is 5.68. The minimum atomic E-state index is -0.267. The smallest absolute Gasteiger partial charge is 0.298 e. The largest absolute Gasteiger partial charge is 0.423 e. The Kier molecular flexibility index (Phi) is 5.03. The van der Waals surface area contributed by atoms with E-state index in [-0.39, 0.29) is 23.7 Å². The van der Waals surface area contributed by atoms with Gasteiger partial charge in [-0.3, -0.25) is 4.79 Å². The van der Waals surface area contributed by atoms with Crippen LogP contribution < -0.4 is 4.90 Å². The number of fused-ring (bicyclic) bond motifs is 1. The second kappa shape index (κ2) is 7.62. The third-order valence-electron chi connectivity index (χ3n) is 5.68. The summed E-state index contributed by atoms with van der Waals surface area (Å²) in [6.07, 6.45) is 1.52. The number of anilines is 1. The van der Waals surface area contributed by atoms with Crippen molar-refractivity contribution in [3.63, 3.8) is 0 Å². The van der Waals surface area contributed by atoms with E-state index in [0.717, 1.165) is 42.6 Å². The van der Waals surface area contributed by atoms with Gasteiger partial charge >= 0.3 is 0 Å². The van der Waals surface area contributed by atoms with Crippen molar-refractivity contribution >= 4 is 23.0 Å². The van der Waals surface area contributed by atoms with E-state index in [9.17, 15) is 9.18 Å². The maximum absolute atomic E-state index is 13.1. The first-order chi connectivity index (χ1) is 13.5. The average molecular weight is 381 g/mol. The molecule has 0 bridgehead atoms. The Morgan fingerprint density at radius 3 is 2.54 bits per heavy atom. The van der Waals surface area contributed by atoms with Crippen LogP contribution in [0, 0.1) is 11.7 Å². The molecule has 0 saturated carbocycles. The van der Waals surface area contributed by atoms with Crippen LogP contribution >= 0.6 is 0 Å². The SMILES string of the molecule is CC(c1ccc(F)cc1)N(C)C(=O)C1CCN(c2nc3ccccc3o2)CC1. The summed E-state index contributed by atoms with van der Waals surface area (Å²) in [6.45, 7) is 3.45. The maximum Gasteiger partial charge on any atom is 0.298 e. The van der Waals surface area contributed by atoms with E-state index in [1.54, 1.807) is 17.0 Å². The number of rotatable bonds is 4. The summed E-state index contributed by atoms with van der Waals surface area (Å²) in [5.74, 6) is -0.154. The van der Waals surface area contributed by atoms with E-state index in [4.69, 9.17) is 4.42 Å². The standard InChI is InChI=1S/C22H24FN3O2/c1-15(16-7-9-18(23)10-8-16)25(2)21(27)17-11-13-26(14-12-17)22-24-19-5-3-4-6-20(19)28-22/h3-10,15,17H,11-14H2,1-2H3. The summed E-state index contributed by atoms with van der Waals surface area (Å²) in [6, 6.07) is 14.6. The quantitative estimate of drug-likeness (QED) is 0.672. The van der Waals surface area contributed by atoms with Crippen molar-refractivity contribution in [3.05, 3.63) is 59.9 Å². The molecule has 1 unspecified atom stereocenters. The summed E-state index contributed by atoms with van der Waals surface area (Å²) in [4.78, 5) is 21.4. The van der Waals surface area contributed by atoms with Gasteiger partial charge in [-0.25, -0.2) is 4.39 Å². The summed E-state index contributed by atoms with van der Waals surface area (Å²) in [5, 5.41) is 0. The van der Waals surface area contributed by atoms with Gasteiger partial charge in [0.15, 0.2) is 5.58 Å². The van der Waals surface area contributed by atoms with Crippen LogP contribution in [0.1, 0.15) is 31.4 Å². The molecular weight excluding hydrogens is 357 g/mol. The average Bonchev–Trinajstić information content (AvgIpc) is 3.17. The van der Waals surface area contributed by atoms with Crippen LogP contribution in [-0.4, -0.2) is 35.9 Å².